The summed E-state index contributed by atoms with van der Waals surface area (Å²) in [6.45, 7) is 2.00. The number of carbonyl (C=O) groups excluding carboxylic acids is 1. The van der Waals surface area contributed by atoms with Crippen molar-refractivity contribution in [1.82, 2.24) is 9.55 Å². The Labute approximate surface area is 145 Å². The first kappa shape index (κ1) is 16.3. The van der Waals surface area contributed by atoms with Gasteiger partial charge in [-0.05, 0) is 30.2 Å². The van der Waals surface area contributed by atoms with E-state index in [9.17, 15) is 4.79 Å². The average Bonchev–Trinajstić information content (AvgIpc) is 2.94. The summed E-state index contributed by atoms with van der Waals surface area (Å²) in [6, 6.07) is 17.9. The van der Waals surface area contributed by atoms with Gasteiger partial charge in [-0.25, -0.2) is 4.98 Å². The molecule has 0 aliphatic rings. The van der Waals surface area contributed by atoms with Crippen LogP contribution in [0.25, 0.3) is 11.3 Å². The van der Waals surface area contributed by atoms with Crippen molar-refractivity contribution in [2.24, 2.45) is 7.05 Å². The number of hydrogen-bond acceptors (Lipinski definition) is 3. The van der Waals surface area contributed by atoms with Crippen LogP contribution in [0.3, 0.4) is 0 Å². The highest BCUT2D eigenvalue weighted by Gasteiger charge is 2.11. The molecule has 4 nitrogen and oxygen atoms in total. The molecule has 1 heterocycles. The molecule has 0 spiro atoms. The Kier molecular flexibility index (Phi) is 5.01. The molecule has 1 aromatic heterocycles. The van der Waals surface area contributed by atoms with Crippen molar-refractivity contribution >= 4 is 23.4 Å². The van der Waals surface area contributed by atoms with Crippen molar-refractivity contribution in [2.45, 2.75) is 12.1 Å². The fourth-order valence-electron chi connectivity index (χ4n) is 2.45. The molecule has 0 unspecified atom stereocenters. The van der Waals surface area contributed by atoms with E-state index in [2.05, 4.69) is 22.4 Å². The van der Waals surface area contributed by atoms with Gasteiger partial charge in [-0.15, -0.1) is 0 Å². The summed E-state index contributed by atoms with van der Waals surface area (Å²) in [5, 5.41) is 3.74. The van der Waals surface area contributed by atoms with Crippen LogP contribution in [0.5, 0.6) is 0 Å². The molecule has 122 valence electrons. The van der Waals surface area contributed by atoms with E-state index in [-0.39, 0.29) is 5.91 Å². The molecule has 0 saturated heterocycles. The number of aromatic nitrogens is 2. The number of hydrogen-bond donors (Lipinski definition) is 1. The number of anilines is 1. The van der Waals surface area contributed by atoms with Gasteiger partial charge in [0.15, 0.2) is 5.16 Å². The summed E-state index contributed by atoms with van der Waals surface area (Å²) < 4.78 is 2.01. The Balaban J connectivity index is 1.63. The predicted molar refractivity (Wildman–Crippen MR) is 99.2 cm³/mol. The second-order valence-electron chi connectivity index (χ2n) is 5.56. The predicted octanol–water partition coefficient (Wildman–Crippen LogP) is 4.13. The molecule has 5 heteroatoms. The number of imidazole rings is 1. The van der Waals surface area contributed by atoms with Crippen LogP contribution in [-0.4, -0.2) is 21.2 Å². The highest BCUT2D eigenvalue weighted by molar-refractivity contribution is 7.99. The number of nitrogens with zero attached hydrogens (tertiary/aromatic N) is 2. The number of benzene rings is 2. The van der Waals surface area contributed by atoms with Gasteiger partial charge >= 0.3 is 0 Å². The van der Waals surface area contributed by atoms with Gasteiger partial charge in [0.25, 0.3) is 0 Å². The number of nitrogens with one attached hydrogen (secondary N) is 1. The molecule has 1 amide bonds. The molecule has 2 aromatic carbocycles. The van der Waals surface area contributed by atoms with Gasteiger partial charge < -0.3 is 9.88 Å². The van der Waals surface area contributed by atoms with Gasteiger partial charge in [0.05, 0.1) is 17.6 Å². The smallest absolute Gasteiger partial charge is 0.234 e. The zero-order valence-electron chi connectivity index (χ0n) is 13.7. The fraction of sp³-hybridized carbons (Fsp3) is 0.158. The lowest BCUT2D eigenvalue weighted by Gasteiger charge is -2.07. The van der Waals surface area contributed by atoms with E-state index in [1.807, 2.05) is 67.2 Å². The zero-order chi connectivity index (χ0) is 16.9. The molecule has 0 bridgehead atoms. The maximum atomic E-state index is 12.1. The third-order valence-electron chi connectivity index (χ3n) is 3.65. The molecule has 24 heavy (non-hydrogen) atoms. The summed E-state index contributed by atoms with van der Waals surface area (Å²) >= 11 is 1.43. The minimum absolute atomic E-state index is 0.0325. The zero-order valence-corrected chi connectivity index (χ0v) is 14.5. The van der Waals surface area contributed by atoms with Crippen LogP contribution < -0.4 is 5.32 Å². The van der Waals surface area contributed by atoms with Crippen LogP contribution in [0.4, 0.5) is 5.69 Å². The van der Waals surface area contributed by atoms with E-state index in [4.69, 9.17) is 0 Å². The molecule has 0 fully saturated rings. The summed E-state index contributed by atoms with van der Waals surface area (Å²) in [5.41, 5.74) is 4.10. The normalized spacial score (nSPS) is 10.6. The number of carbonyl (C=O) groups is 1. The van der Waals surface area contributed by atoms with Gasteiger partial charge in [-0.1, -0.05) is 54.2 Å². The van der Waals surface area contributed by atoms with Crippen molar-refractivity contribution in [2.75, 3.05) is 11.1 Å². The van der Waals surface area contributed by atoms with E-state index in [1.54, 1.807) is 0 Å². The van der Waals surface area contributed by atoms with E-state index < -0.39 is 0 Å². The molecule has 3 rings (SSSR count). The molecule has 0 atom stereocenters. The Morgan fingerprint density at radius 1 is 1.17 bits per heavy atom. The number of aryl methyl sites for hydroxylation is 1. The van der Waals surface area contributed by atoms with Gasteiger partial charge in [-0.3, -0.25) is 4.79 Å². The molecule has 3 aromatic rings. The number of rotatable bonds is 5. The van der Waals surface area contributed by atoms with Crippen LogP contribution in [0.1, 0.15) is 5.56 Å². The SMILES string of the molecule is Cc1cccc(NC(=O)CSc2ncc(-c3ccccc3)n2C)c1. The lowest BCUT2D eigenvalue weighted by molar-refractivity contribution is -0.113. The van der Waals surface area contributed by atoms with Crippen LogP contribution in [0, 0.1) is 6.92 Å². The summed E-state index contributed by atoms with van der Waals surface area (Å²) in [6.07, 6.45) is 1.84. The highest BCUT2D eigenvalue weighted by atomic mass is 32.2. The third kappa shape index (κ3) is 3.86. The Morgan fingerprint density at radius 3 is 2.71 bits per heavy atom. The molecule has 0 radical (unpaired) electrons. The van der Waals surface area contributed by atoms with Gasteiger partial charge in [0.1, 0.15) is 0 Å². The first-order chi connectivity index (χ1) is 11.6. The van der Waals surface area contributed by atoms with E-state index in [1.165, 1.54) is 11.8 Å². The number of amides is 1. The van der Waals surface area contributed by atoms with Gasteiger partial charge in [0.2, 0.25) is 5.91 Å². The van der Waals surface area contributed by atoms with E-state index in [0.29, 0.717) is 5.75 Å². The largest absolute Gasteiger partial charge is 0.325 e. The lowest BCUT2D eigenvalue weighted by Crippen LogP contribution is -2.14. The summed E-state index contributed by atoms with van der Waals surface area (Å²) in [5.74, 6) is 0.294. The minimum Gasteiger partial charge on any atom is -0.325 e. The average molecular weight is 337 g/mol. The van der Waals surface area contributed by atoms with Crippen LogP contribution >= 0.6 is 11.8 Å². The van der Waals surface area contributed by atoms with Crippen molar-refractivity contribution in [3.8, 4) is 11.3 Å². The molecular weight excluding hydrogens is 318 g/mol. The van der Waals surface area contributed by atoms with Crippen molar-refractivity contribution in [3.63, 3.8) is 0 Å². The van der Waals surface area contributed by atoms with Crippen LogP contribution in [0.15, 0.2) is 66.0 Å². The first-order valence-corrected chi connectivity index (χ1v) is 8.68. The molecule has 0 aliphatic heterocycles. The lowest BCUT2D eigenvalue weighted by atomic mass is 10.2. The van der Waals surface area contributed by atoms with Crippen molar-refractivity contribution < 1.29 is 4.79 Å². The first-order valence-electron chi connectivity index (χ1n) is 7.70. The van der Waals surface area contributed by atoms with Crippen molar-refractivity contribution in [1.29, 1.82) is 0 Å². The molecule has 1 N–H and O–H groups in total. The summed E-state index contributed by atoms with van der Waals surface area (Å²) in [4.78, 5) is 16.5. The van der Waals surface area contributed by atoms with Crippen LogP contribution in [-0.2, 0) is 11.8 Å². The van der Waals surface area contributed by atoms with Crippen molar-refractivity contribution in [3.05, 3.63) is 66.4 Å². The fourth-order valence-corrected chi connectivity index (χ4v) is 3.21. The maximum Gasteiger partial charge on any atom is 0.234 e. The van der Waals surface area contributed by atoms with E-state index >= 15 is 0 Å². The molecule has 0 saturated carbocycles. The Morgan fingerprint density at radius 2 is 1.96 bits per heavy atom. The third-order valence-corrected chi connectivity index (χ3v) is 4.69. The molecule has 0 aliphatic carbocycles. The second kappa shape index (κ2) is 7.36. The van der Waals surface area contributed by atoms with Gasteiger partial charge in [-0.2, -0.15) is 0 Å². The Hall–Kier alpha value is -2.53. The maximum absolute atomic E-state index is 12.1. The highest BCUT2D eigenvalue weighted by Crippen LogP contribution is 2.24. The monoisotopic (exact) mass is 337 g/mol. The minimum atomic E-state index is -0.0325. The second-order valence-corrected chi connectivity index (χ2v) is 6.50. The van der Waals surface area contributed by atoms with Crippen LogP contribution in [0.2, 0.25) is 0 Å². The Bertz CT molecular complexity index is 843. The number of thioether (sulfide) groups is 1. The van der Waals surface area contributed by atoms with Gasteiger partial charge in [0, 0.05) is 12.7 Å². The molecular formula is C19H19N3OS. The van der Waals surface area contributed by atoms with E-state index in [0.717, 1.165) is 27.7 Å². The summed E-state index contributed by atoms with van der Waals surface area (Å²) in [7, 11) is 1.97. The topological polar surface area (TPSA) is 46.9 Å². The quantitative estimate of drug-likeness (QED) is 0.712. The standard InChI is InChI=1S/C19H19N3OS/c1-14-7-6-10-16(11-14)21-18(23)13-24-19-20-12-17(22(19)2)15-8-4-3-5-9-15/h3-12H,13H2,1-2H3,(H,21,23).